The van der Waals surface area contributed by atoms with Crippen LogP contribution in [0.4, 0.5) is 0 Å². The summed E-state index contributed by atoms with van der Waals surface area (Å²) in [6, 6.07) is 0. The normalized spacial score (nSPS) is 14.3. The van der Waals surface area contributed by atoms with Crippen molar-refractivity contribution in [3.63, 3.8) is 0 Å². The molecule has 9 nitrogen and oxygen atoms in total. The van der Waals surface area contributed by atoms with Gasteiger partial charge in [0.1, 0.15) is 0 Å². The second-order valence-electron chi connectivity index (χ2n) is 3.05. The minimum atomic E-state index is -1.84. The van der Waals surface area contributed by atoms with E-state index in [0.717, 1.165) is 0 Å². The summed E-state index contributed by atoms with van der Waals surface area (Å²) in [5.74, 6) is -6.12. The van der Waals surface area contributed by atoms with Crippen molar-refractivity contribution in [2.75, 3.05) is 0 Å². The Kier molecular flexibility index (Phi) is 6.54. The van der Waals surface area contributed by atoms with Crippen molar-refractivity contribution >= 4 is 23.9 Å². The van der Waals surface area contributed by atoms with E-state index in [1.165, 1.54) is 0 Å². The third-order valence-electron chi connectivity index (χ3n) is 1.61. The lowest BCUT2D eigenvalue weighted by molar-refractivity contribution is -0.158. The maximum atomic E-state index is 10.7. The van der Waals surface area contributed by atoms with Crippen molar-refractivity contribution in [2.24, 2.45) is 0 Å². The van der Waals surface area contributed by atoms with Crippen LogP contribution in [0.25, 0.3) is 0 Å². The molecule has 0 aromatic carbocycles. The minimum absolute atomic E-state index is 0.471. The van der Waals surface area contributed by atoms with E-state index < -0.39 is 36.1 Å². The van der Waals surface area contributed by atoms with Gasteiger partial charge < -0.3 is 25.2 Å². The Bertz CT molecular complexity index is 394. The monoisotopic (exact) mass is 274 g/mol. The average Bonchev–Trinajstić information content (AvgIpc) is 2.26. The summed E-state index contributed by atoms with van der Waals surface area (Å²) >= 11 is 0. The van der Waals surface area contributed by atoms with Crippen LogP contribution < -0.4 is 0 Å². The zero-order valence-electron chi connectivity index (χ0n) is 9.29. The van der Waals surface area contributed by atoms with Gasteiger partial charge in [-0.15, -0.1) is 0 Å². The molecule has 0 saturated heterocycles. The van der Waals surface area contributed by atoms with Crippen molar-refractivity contribution in [2.45, 2.75) is 12.2 Å². The molecule has 0 bridgehead atoms. The van der Waals surface area contributed by atoms with Crippen LogP contribution in [0.1, 0.15) is 0 Å². The molecule has 19 heavy (non-hydrogen) atoms. The van der Waals surface area contributed by atoms with Crippen LogP contribution in [-0.2, 0) is 23.9 Å². The molecule has 2 unspecified atom stereocenters. The highest BCUT2D eigenvalue weighted by Gasteiger charge is 2.24. The van der Waals surface area contributed by atoms with Gasteiger partial charge in [-0.25, -0.2) is 19.2 Å². The zero-order chi connectivity index (χ0) is 15.0. The summed E-state index contributed by atoms with van der Waals surface area (Å²) < 4.78 is 4.57. The summed E-state index contributed by atoms with van der Waals surface area (Å²) in [5, 5.41) is 34.0. The summed E-state index contributed by atoms with van der Waals surface area (Å²) in [6.07, 6.45) is -1.49. The maximum absolute atomic E-state index is 10.7. The molecule has 0 rings (SSSR count). The largest absolute Gasteiger partial charge is 0.479 e. The van der Waals surface area contributed by atoms with Gasteiger partial charge in [0.05, 0.1) is 0 Å². The molecule has 104 valence electrons. The van der Waals surface area contributed by atoms with E-state index >= 15 is 0 Å². The second-order valence-corrected chi connectivity index (χ2v) is 3.05. The number of rotatable bonds is 8. The third-order valence-corrected chi connectivity index (χ3v) is 1.61. The smallest absolute Gasteiger partial charge is 0.336 e. The molecule has 9 heteroatoms. The Morgan fingerprint density at radius 3 is 1.26 bits per heavy atom. The predicted octanol–water partition coefficient (Wildman–Crippen LogP) is -0.809. The van der Waals surface area contributed by atoms with Crippen LogP contribution in [0.15, 0.2) is 24.3 Å². The van der Waals surface area contributed by atoms with Crippen LogP contribution in [0.2, 0.25) is 0 Å². The number of carbonyl (C=O) groups is 4. The fourth-order valence-corrected chi connectivity index (χ4v) is 0.869. The van der Waals surface area contributed by atoms with E-state index in [1.54, 1.807) is 0 Å². The summed E-state index contributed by atoms with van der Waals surface area (Å²) in [5.41, 5.74) is 0. The molecule has 2 atom stereocenters. The standard InChI is InChI=1S/C10H10O9/c11-7(12)3-1-5(9(15)16)19-6(10(17)18)2-4-8(13)14/h1-6H,(H,11,12)(H,13,14)(H,15,16)(H,17,18). The van der Waals surface area contributed by atoms with Gasteiger partial charge in [-0.05, 0) is 12.2 Å². The lowest BCUT2D eigenvalue weighted by Crippen LogP contribution is -2.31. The first-order valence-corrected chi connectivity index (χ1v) is 4.67. The lowest BCUT2D eigenvalue weighted by Gasteiger charge is -2.13. The van der Waals surface area contributed by atoms with Crippen molar-refractivity contribution < 1.29 is 44.3 Å². The molecule has 0 saturated carbocycles. The fourth-order valence-electron chi connectivity index (χ4n) is 0.869. The zero-order valence-corrected chi connectivity index (χ0v) is 9.29. The van der Waals surface area contributed by atoms with Gasteiger partial charge in [-0.2, -0.15) is 0 Å². The van der Waals surface area contributed by atoms with Crippen molar-refractivity contribution in [1.82, 2.24) is 0 Å². The van der Waals surface area contributed by atoms with Crippen LogP contribution >= 0.6 is 0 Å². The van der Waals surface area contributed by atoms with Gasteiger partial charge in [0.25, 0.3) is 0 Å². The molecule has 0 spiro atoms. The van der Waals surface area contributed by atoms with Gasteiger partial charge >= 0.3 is 23.9 Å². The van der Waals surface area contributed by atoms with Crippen LogP contribution in [0.3, 0.4) is 0 Å². The van der Waals surface area contributed by atoms with Gasteiger partial charge in [0, 0.05) is 12.2 Å². The third kappa shape index (κ3) is 7.28. The van der Waals surface area contributed by atoms with Crippen LogP contribution in [0.5, 0.6) is 0 Å². The molecule has 0 aromatic heterocycles. The number of carboxylic acid groups (broad SMARTS) is 4. The Morgan fingerprint density at radius 1 is 0.737 bits per heavy atom. The number of hydrogen-bond acceptors (Lipinski definition) is 5. The van der Waals surface area contributed by atoms with Gasteiger partial charge in [0.15, 0.2) is 12.2 Å². The quantitative estimate of drug-likeness (QED) is 0.415. The van der Waals surface area contributed by atoms with E-state index in [1.807, 2.05) is 0 Å². The Morgan fingerprint density at radius 2 is 1.05 bits per heavy atom. The fraction of sp³-hybridized carbons (Fsp3) is 0.200. The van der Waals surface area contributed by atoms with E-state index in [0.29, 0.717) is 24.3 Å². The van der Waals surface area contributed by atoms with E-state index in [2.05, 4.69) is 4.74 Å². The van der Waals surface area contributed by atoms with Crippen LogP contribution in [-0.4, -0.2) is 56.5 Å². The van der Waals surface area contributed by atoms with Crippen molar-refractivity contribution in [1.29, 1.82) is 0 Å². The van der Waals surface area contributed by atoms with E-state index in [4.69, 9.17) is 20.4 Å². The number of ether oxygens (including phenoxy) is 1. The maximum Gasteiger partial charge on any atom is 0.336 e. The highest BCUT2D eigenvalue weighted by atomic mass is 16.5. The topological polar surface area (TPSA) is 158 Å². The van der Waals surface area contributed by atoms with Crippen LogP contribution in [0, 0.1) is 0 Å². The first-order chi connectivity index (χ1) is 8.73. The van der Waals surface area contributed by atoms with Crippen molar-refractivity contribution in [3.05, 3.63) is 24.3 Å². The summed E-state index contributed by atoms with van der Waals surface area (Å²) in [7, 11) is 0. The van der Waals surface area contributed by atoms with Crippen molar-refractivity contribution in [3.8, 4) is 0 Å². The first kappa shape index (κ1) is 16.3. The molecular weight excluding hydrogens is 264 g/mol. The second kappa shape index (κ2) is 7.61. The Balaban J connectivity index is 4.95. The van der Waals surface area contributed by atoms with Gasteiger partial charge in [0.2, 0.25) is 0 Å². The molecular formula is C10H10O9. The van der Waals surface area contributed by atoms with E-state index in [-0.39, 0.29) is 0 Å². The van der Waals surface area contributed by atoms with Gasteiger partial charge in [-0.1, -0.05) is 0 Å². The molecule has 0 aliphatic heterocycles. The SMILES string of the molecule is O=C(O)C=CC(OC(C=CC(=O)O)C(=O)O)C(=O)O. The Hall–Kier alpha value is -2.68. The highest BCUT2D eigenvalue weighted by molar-refractivity contribution is 5.84. The number of aliphatic carboxylic acids is 4. The molecule has 4 N–H and O–H groups in total. The van der Waals surface area contributed by atoms with Gasteiger partial charge in [-0.3, -0.25) is 0 Å². The molecule has 0 aliphatic carbocycles. The lowest BCUT2D eigenvalue weighted by atomic mass is 10.2. The Labute approximate surface area is 106 Å². The summed E-state index contributed by atoms with van der Waals surface area (Å²) in [4.78, 5) is 41.8. The van der Waals surface area contributed by atoms with E-state index in [9.17, 15) is 19.2 Å². The number of hydrogen-bond donors (Lipinski definition) is 4. The molecule has 0 radical (unpaired) electrons. The molecule has 0 heterocycles. The minimum Gasteiger partial charge on any atom is -0.479 e. The number of carboxylic acids is 4. The molecule has 0 amide bonds. The average molecular weight is 274 g/mol. The predicted molar refractivity (Wildman–Crippen MR) is 57.5 cm³/mol. The summed E-state index contributed by atoms with van der Waals surface area (Å²) in [6.45, 7) is 0. The molecule has 0 aliphatic rings. The molecule has 0 aromatic rings. The first-order valence-electron chi connectivity index (χ1n) is 4.67. The highest BCUT2D eigenvalue weighted by Crippen LogP contribution is 2.04. The molecule has 0 fully saturated rings.